The fourth-order valence-corrected chi connectivity index (χ4v) is 1.21. The van der Waals surface area contributed by atoms with Gasteiger partial charge >= 0.3 is 0 Å². The van der Waals surface area contributed by atoms with Crippen molar-refractivity contribution in [3.8, 4) is 0 Å². The number of alkyl halides is 1. The third-order valence-corrected chi connectivity index (χ3v) is 1.71. The molecule has 0 spiro atoms. The molecule has 1 nitrogen and oxygen atoms in total. The second-order valence-corrected chi connectivity index (χ2v) is 3.71. The van der Waals surface area contributed by atoms with Crippen molar-refractivity contribution in [1.82, 2.24) is 0 Å². The van der Waals surface area contributed by atoms with Gasteiger partial charge in [0.1, 0.15) is 0 Å². The summed E-state index contributed by atoms with van der Waals surface area (Å²) >= 11 is 5.46. The van der Waals surface area contributed by atoms with E-state index in [1.807, 2.05) is 12.2 Å². The maximum absolute atomic E-state index is 5.51. The minimum absolute atomic E-state index is 0.352. The van der Waals surface area contributed by atoms with Gasteiger partial charge in [0.15, 0.2) is 0 Å². The van der Waals surface area contributed by atoms with E-state index in [1.165, 1.54) is 0 Å². The molecule has 72 valence electrons. The van der Waals surface area contributed by atoms with Crippen LogP contribution >= 0.6 is 11.6 Å². The van der Waals surface area contributed by atoms with Crippen LogP contribution in [0, 0.1) is 5.92 Å². The molecule has 0 bridgehead atoms. The molecule has 0 fully saturated rings. The highest BCUT2D eigenvalue weighted by Gasteiger charge is 2.02. The van der Waals surface area contributed by atoms with Gasteiger partial charge in [-0.25, -0.2) is 0 Å². The van der Waals surface area contributed by atoms with Gasteiger partial charge in [-0.15, -0.1) is 11.6 Å². The maximum atomic E-state index is 5.51. The van der Waals surface area contributed by atoms with Crippen LogP contribution in [0.25, 0.3) is 0 Å². The quantitative estimate of drug-likeness (QED) is 0.462. The average molecular weight is 191 g/mol. The van der Waals surface area contributed by atoms with Gasteiger partial charge < -0.3 is 4.74 Å². The van der Waals surface area contributed by atoms with Crippen LogP contribution in [-0.2, 0) is 4.74 Å². The van der Waals surface area contributed by atoms with E-state index >= 15 is 0 Å². The fraction of sp³-hybridized carbons (Fsp3) is 0.800. The normalized spacial score (nSPS) is 14.4. The summed E-state index contributed by atoms with van der Waals surface area (Å²) in [6.45, 7) is 7.19. The van der Waals surface area contributed by atoms with Crippen molar-refractivity contribution in [3.05, 3.63) is 12.2 Å². The highest BCUT2D eigenvalue weighted by atomic mass is 35.5. The minimum atomic E-state index is 0.352. The zero-order chi connectivity index (χ0) is 9.40. The molecule has 0 heterocycles. The van der Waals surface area contributed by atoms with E-state index in [1.54, 1.807) is 0 Å². The predicted octanol–water partition coefficient (Wildman–Crippen LogP) is 3.23. The van der Waals surface area contributed by atoms with Crippen molar-refractivity contribution in [2.75, 3.05) is 12.5 Å². The summed E-state index contributed by atoms with van der Waals surface area (Å²) in [4.78, 5) is 0. The monoisotopic (exact) mass is 190 g/mol. The summed E-state index contributed by atoms with van der Waals surface area (Å²) < 4.78 is 5.51. The number of rotatable bonds is 6. The molecule has 0 aromatic heterocycles. The van der Waals surface area contributed by atoms with E-state index in [2.05, 4.69) is 20.8 Å². The summed E-state index contributed by atoms with van der Waals surface area (Å²) in [5, 5.41) is 0. The molecule has 1 unspecified atom stereocenters. The molecule has 0 radical (unpaired) electrons. The van der Waals surface area contributed by atoms with Gasteiger partial charge in [0.25, 0.3) is 0 Å². The standard InChI is InChI=1S/C10H19ClO/c1-9(2)8-10(3)12-7-5-4-6-11/h4-5,9-10H,6-8H2,1-3H3. The van der Waals surface area contributed by atoms with Crippen molar-refractivity contribution in [2.45, 2.75) is 33.3 Å². The first kappa shape index (κ1) is 12.0. The molecule has 0 N–H and O–H groups in total. The Labute approximate surface area is 80.8 Å². The molecule has 0 rings (SSSR count). The van der Waals surface area contributed by atoms with E-state index in [4.69, 9.17) is 16.3 Å². The summed E-state index contributed by atoms with van der Waals surface area (Å²) in [5.74, 6) is 1.28. The molecular formula is C10H19ClO. The van der Waals surface area contributed by atoms with Crippen LogP contribution in [0.15, 0.2) is 12.2 Å². The molecular weight excluding hydrogens is 172 g/mol. The van der Waals surface area contributed by atoms with Gasteiger partial charge in [0.05, 0.1) is 12.7 Å². The van der Waals surface area contributed by atoms with E-state index < -0.39 is 0 Å². The zero-order valence-corrected chi connectivity index (χ0v) is 8.97. The van der Waals surface area contributed by atoms with E-state index in [0.717, 1.165) is 6.42 Å². The molecule has 0 aliphatic carbocycles. The number of ether oxygens (including phenoxy) is 1. The van der Waals surface area contributed by atoms with Crippen molar-refractivity contribution in [3.63, 3.8) is 0 Å². The Balaban J connectivity index is 3.31. The summed E-state index contributed by atoms with van der Waals surface area (Å²) in [6, 6.07) is 0. The summed E-state index contributed by atoms with van der Waals surface area (Å²) in [5.41, 5.74) is 0. The first-order chi connectivity index (χ1) is 5.66. The lowest BCUT2D eigenvalue weighted by molar-refractivity contribution is 0.0724. The van der Waals surface area contributed by atoms with Gasteiger partial charge in [-0.3, -0.25) is 0 Å². The molecule has 1 atom stereocenters. The number of hydrogen-bond donors (Lipinski definition) is 0. The molecule has 0 aromatic carbocycles. The highest BCUT2D eigenvalue weighted by Crippen LogP contribution is 2.06. The van der Waals surface area contributed by atoms with Gasteiger partial charge in [-0.1, -0.05) is 26.0 Å². The lowest BCUT2D eigenvalue weighted by Gasteiger charge is -2.13. The van der Waals surface area contributed by atoms with Crippen molar-refractivity contribution >= 4 is 11.6 Å². The minimum Gasteiger partial charge on any atom is -0.374 e. The second kappa shape index (κ2) is 7.63. The fourth-order valence-electron chi connectivity index (χ4n) is 1.08. The Bertz CT molecular complexity index is 121. The van der Waals surface area contributed by atoms with Gasteiger partial charge in [0.2, 0.25) is 0 Å². The van der Waals surface area contributed by atoms with Crippen LogP contribution in [0.5, 0.6) is 0 Å². The molecule has 0 aliphatic heterocycles. The Kier molecular flexibility index (Phi) is 7.62. The van der Waals surface area contributed by atoms with Gasteiger partial charge in [0, 0.05) is 5.88 Å². The van der Waals surface area contributed by atoms with Gasteiger partial charge in [-0.05, 0) is 19.3 Å². The zero-order valence-electron chi connectivity index (χ0n) is 8.22. The number of allylic oxidation sites excluding steroid dienone is 1. The summed E-state index contributed by atoms with van der Waals surface area (Å²) in [6.07, 6.45) is 5.34. The van der Waals surface area contributed by atoms with Gasteiger partial charge in [-0.2, -0.15) is 0 Å². The van der Waals surface area contributed by atoms with Crippen LogP contribution in [0.3, 0.4) is 0 Å². The lowest BCUT2D eigenvalue weighted by Crippen LogP contribution is -2.11. The van der Waals surface area contributed by atoms with Crippen molar-refractivity contribution in [2.24, 2.45) is 5.92 Å². The molecule has 0 amide bonds. The third-order valence-electron chi connectivity index (χ3n) is 1.54. The van der Waals surface area contributed by atoms with Crippen LogP contribution < -0.4 is 0 Å². The topological polar surface area (TPSA) is 9.23 Å². The SMILES string of the molecule is CC(C)CC(C)OCC=CCCl. The number of halogens is 1. The van der Waals surface area contributed by atoms with E-state index in [9.17, 15) is 0 Å². The average Bonchev–Trinajstić information content (AvgIpc) is 1.97. The second-order valence-electron chi connectivity index (χ2n) is 3.40. The molecule has 2 heteroatoms. The maximum Gasteiger partial charge on any atom is 0.0651 e. The predicted molar refractivity (Wildman–Crippen MR) is 54.7 cm³/mol. The lowest BCUT2D eigenvalue weighted by atomic mass is 10.1. The van der Waals surface area contributed by atoms with Crippen LogP contribution in [0.2, 0.25) is 0 Å². The Morgan fingerprint density at radius 2 is 1.92 bits per heavy atom. The van der Waals surface area contributed by atoms with Crippen LogP contribution in [0.1, 0.15) is 27.2 Å². The first-order valence-corrected chi connectivity index (χ1v) is 5.02. The van der Waals surface area contributed by atoms with Crippen LogP contribution in [0.4, 0.5) is 0 Å². The number of hydrogen-bond acceptors (Lipinski definition) is 1. The van der Waals surface area contributed by atoms with E-state index in [0.29, 0.717) is 24.5 Å². The molecule has 0 aliphatic rings. The molecule has 0 saturated carbocycles. The van der Waals surface area contributed by atoms with Crippen molar-refractivity contribution in [1.29, 1.82) is 0 Å². The van der Waals surface area contributed by atoms with E-state index in [-0.39, 0.29) is 0 Å². The smallest absolute Gasteiger partial charge is 0.0651 e. The third kappa shape index (κ3) is 8.09. The highest BCUT2D eigenvalue weighted by molar-refractivity contribution is 6.18. The summed E-state index contributed by atoms with van der Waals surface area (Å²) in [7, 11) is 0. The molecule has 0 aromatic rings. The Morgan fingerprint density at radius 3 is 2.42 bits per heavy atom. The Morgan fingerprint density at radius 1 is 1.25 bits per heavy atom. The molecule has 12 heavy (non-hydrogen) atoms. The molecule has 0 saturated heterocycles. The van der Waals surface area contributed by atoms with Crippen LogP contribution in [-0.4, -0.2) is 18.6 Å². The largest absolute Gasteiger partial charge is 0.374 e. The Hall–Kier alpha value is -0.0100. The van der Waals surface area contributed by atoms with Crippen molar-refractivity contribution < 1.29 is 4.74 Å². The first-order valence-electron chi connectivity index (χ1n) is 4.49.